The minimum Gasteiger partial charge on any atom is -0.481 e. The number of carbonyl (C=O) groups is 1. The summed E-state index contributed by atoms with van der Waals surface area (Å²) in [6.07, 6.45) is 12.0. The fraction of sp³-hybridized carbons (Fsp3) is 0.923. The topological polar surface area (TPSA) is 138 Å². The van der Waals surface area contributed by atoms with Crippen LogP contribution >= 0.6 is 0 Å². The molecule has 35 heavy (non-hydrogen) atoms. The van der Waals surface area contributed by atoms with Gasteiger partial charge in [-0.15, -0.1) is 0 Å². The number of aliphatic carboxylic acids is 1. The third-order valence-electron chi connectivity index (χ3n) is 7.66. The van der Waals surface area contributed by atoms with Crippen LogP contribution in [0.1, 0.15) is 90.9 Å². The van der Waals surface area contributed by atoms with Gasteiger partial charge in [0.2, 0.25) is 0 Å². The average molecular weight is 499 g/mol. The van der Waals surface area contributed by atoms with Crippen molar-refractivity contribution >= 4 is 12.2 Å². The number of aliphatic hydroxyl groups is 3. The molecule has 1 saturated heterocycles. The predicted molar refractivity (Wildman–Crippen MR) is 139 cm³/mol. The van der Waals surface area contributed by atoms with Crippen LogP contribution in [0.3, 0.4) is 0 Å². The van der Waals surface area contributed by atoms with E-state index in [9.17, 15) is 20.1 Å². The van der Waals surface area contributed by atoms with E-state index in [0.717, 1.165) is 51.7 Å². The number of nitrogens with one attached hydrogen (secondary N) is 2. The summed E-state index contributed by atoms with van der Waals surface area (Å²) in [5.41, 5.74) is -1.25. The second-order valence-electron chi connectivity index (χ2n) is 10.8. The maximum absolute atomic E-state index is 11.2. The van der Waals surface area contributed by atoms with Gasteiger partial charge in [-0.25, -0.2) is 0 Å². The lowest BCUT2D eigenvalue weighted by atomic mass is 9.87. The van der Waals surface area contributed by atoms with Crippen LogP contribution < -0.4 is 10.6 Å². The van der Waals surface area contributed by atoms with Crippen LogP contribution in [0.15, 0.2) is 4.99 Å². The molecule has 2 heterocycles. The van der Waals surface area contributed by atoms with Crippen molar-refractivity contribution in [3.8, 4) is 0 Å². The molecule has 0 saturated carbocycles. The van der Waals surface area contributed by atoms with E-state index in [2.05, 4.69) is 27.4 Å². The molecule has 1 fully saturated rings. The third-order valence-corrected chi connectivity index (χ3v) is 7.66. The number of unbranched alkanes of at least 4 members (excludes halogenated alkanes) is 6. The number of carboxylic acid groups (broad SMARTS) is 1. The van der Waals surface area contributed by atoms with E-state index in [0.29, 0.717) is 24.9 Å². The van der Waals surface area contributed by atoms with Gasteiger partial charge in [-0.1, -0.05) is 44.9 Å². The van der Waals surface area contributed by atoms with Crippen molar-refractivity contribution in [1.29, 1.82) is 0 Å². The van der Waals surface area contributed by atoms with Gasteiger partial charge in [0.15, 0.2) is 0 Å². The number of nitrogens with zero attached hydrogens (tertiary/aromatic N) is 2. The van der Waals surface area contributed by atoms with E-state index < -0.39 is 11.6 Å². The highest BCUT2D eigenvalue weighted by Crippen LogP contribution is 2.25. The minimum absolute atomic E-state index is 0.0383. The molecule has 6 N–H and O–H groups in total. The van der Waals surface area contributed by atoms with Crippen molar-refractivity contribution < 1.29 is 25.2 Å². The zero-order valence-corrected chi connectivity index (χ0v) is 21.9. The number of aliphatic hydroxyl groups excluding tert-OH is 2. The van der Waals surface area contributed by atoms with Crippen molar-refractivity contribution in [2.24, 2.45) is 4.99 Å². The summed E-state index contributed by atoms with van der Waals surface area (Å²) in [5, 5.41) is 46.1. The maximum atomic E-state index is 11.2. The van der Waals surface area contributed by atoms with E-state index in [1.54, 1.807) is 0 Å². The molecule has 0 amide bonds. The van der Waals surface area contributed by atoms with Gasteiger partial charge in [0.25, 0.3) is 0 Å². The Balaban J connectivity index is 1.59. The molecule has 6 atom stereocenters. The van der Waals surface area contributed by atoms with Gasteiger partial charge in [0, 0.05) is 50.1 Å². The lowest BCUT2D eigenvalue weighted by molar-refractivity contribution is -0.142. The summed E-state index contributed by atoms with van der Waals surface area (Å²) in [6, 6.07) is 0.911. The molecular weight excluding hydrogens is 448 g/mol. The van der Waals surface area contributed by atoms with E-state index in [1.165, 1.54) is 19.3 Å². The van der Waals surface area contributed by atoms with E-state index in [-0.39, 0.29) is 37.8 Å². The summed E-state index contributed by atoms with van der Waals surface area (Å²) < 4.78 is 0. The summed E-state index contributed by atoms with van der Waals surface area (Å²) in [7, 11) is 0. The molecule has 2 aliphatic rings. The van der Waals surface area contributed by atoms with Crippen molar-refractivity contribution in [2.75, 3.05) is 26.4 Å². The average Bonchev–Trinajstić information content (AvgIpc) is 3.33. The Morgan fingerprint density at radius 3 is 2.54 bits per heavy atom. The molecule has 6 unspecified atom stereocenters. The Morgan fingerprint density at radius 1 is 1.23 bits per heavy atom. The first-order chi connectivity index (χ1) is 16.7. The molecule has 9 heteroatoms. The van der Waals surface area contributed by atoms with Gasteiger partial charge in [-0.3, -0.25) is 14.7 Å². The van der Waals surface area contributed by atoms with Gasteiger partial charge in [-0.2, -0.15) is 0 Å². The number of aliphatic imine (C=N–C) groups is 1. The molecule has 0 aromatic carbocycles. The molecule has 204 valence electrons. The molecule has 0 aliphatic carbocycles. The lowest BCUT2D eigenvalue weighted by Gasteiger charge is -2.43. The predicted octanol–water partition coefficient (Wildman–Crippen LogP) is 1.89. The monoisotopic (exact) mass is 498 g/mol. The Hall–Kier alpha value is -1.10. The third kappa shape index (κ3) is 11.2. The number of hydrogen-bond acceptors (Lipinski definition) is 8. The molecule has 2 rings (SSSR count). The van der Waals surface area contributed by atoms with Gasteiger partial charge in [0.1, 0.15) is 0 Å². The highest BCUT2D eigenvalue weighted by atomic mass is 16.4. The molecule has 0 aromatic rings. The molecule has 0 spiro atoms. The number of carboxylic acids is 1. The van der Waals surface area contributed by atoms with Crippen molar-refractivity contribution in [1.82, 2.24) is 15.5 Å². The highest BCUT2D eigenvalue weighted by molar-refractivity contribution is 5.68. The number of hydrogen-bond donors (Lipinski definition) is 6. The smallest absolute Gasteiger partial charge is 0.306 e. The van der Waals surface area contributed by atoms with Crippen LogP contribution in [0, 0.1) is 0 Å². The van der Waals surface area contributed by atoms with Crippen LogP contribution in [0.25, 0.3) is 0 Å². The maximum Gasteiger partial charge on any atom is 0.306 e. The molecule has 9 nitrogen and oxygen atoms in total. The fourth-order valence-electron chi connectivity index (χ4n) is 5.36. The quantitative estimate of drug-likeness (QED) is 0.158. The van der Waals surface area contributed by atoms with Crippen LogP contribution in [-0.2, 0) is 4.79 Å². The Morgan fingerprint density at radius 2 is 1.91 bits per heavy atom. The van der Waals surface area contributed by atoms with E-state index in [1.807, 2.05) is 13.1 Å². The summed E-state index contributed by atoms with van der Waals surface area (Å²) in [4.78, 5) is 17.9. The molecular formula is C26H50N4O5. The molecule has 0 bridgehead atoms. The number of piperidine rings is 1. The van der Waals surface area contributed by atoms with E-state index >= 15 is 0 Å². The first-order valence-corrected chi connectivity index (χ1v) is 13.7. The molecule has 0 aromatic heterocycles. The van der Waals surface area contributed by atoms with Gasteiger partial charge < -0.3 is 31.1 Å². The fourth-order valence-corrected chi connectivity index (χ4v) is 5.36. The van der Waals surface area contributed by atoms with Crippen LogP contribution in [-0.4, -0.2) is 99.7 Å². The van der Waals surface area contributed by atoms with Crippen molar-refractivity contribution in [2.45, 2.75) is 127 Å². The van der Waals surface area contributed by atoms with Gasteiger partial charge >= 0.3 is 5.97 Å². The van der Waals surface area contributed by atoms with Gasteiger partial charge in [0.05, 0.1) is 24.8 Å². The SMILES string of the molecule is CC(CCO)NCC(O)(CCCCCCCCCC1NC(C)C(O)CC1N1CC=NC1)CC(=O)O. The largest absolute Gasteiger partial charge is 0.481 e. The van der Waals surface area contributed by atoms with Crippen molar-refractivity contribution in [3.05, 3.63) is 0 Å². The van der Waals surface area contributed by atoms with Crippen molar-refractivity contribution in [3.63, 3.8) is 0 Å². The molecule has 0 radical (unpaired) electrons. The second kappa shape index (κ2) is 15.9. The highest BCUT2D eigenvalue weighted by Gasteiger charge is 2.37. The first kappa shape index (κ1) is 30.1. The van der Waals surface area contributed by atoms with Crippen LogP contribution in [0.2, 0.25) is 0 Å². The minimum atomic E-state index is -1.25. The standard InChI is InChI=1S/C26H50N4O5/c1-20(11-15-31)28-18-26(35,17-25(33)34)12-9-7-5-3-4-6-8-10-22-23(30-14-13-27-19-30)16-24(32)21(2)29-22/h13,20-24,28-29,31-32,35H,3-12,14-19H2,1-2H3,(H,33,34). The van der Waals surface area contributed by atoms with Crippen LogP contribution in [0.4, 0.5) is 0 Å². The summed E-state index contributed by atoms with van der Waals surface area (Å²) >= 11 is 0. The summed E-state index contributed by atoms with van der Waals surface area (Å²) in [6.45, 7) is 5.91. The first-order valence-electron chi connectivity index (χ1n) is 13.7. The zero-order chi connectivity index (χ0) is 25.7. The van der Waals surface area contributed by atoms with E-state index in [4.69, 9.17) is 5.11 Å². The van der Waals surface area contributed by atoms with Crippen LogP contribution in [0.5, 0.6) is 0 Å². The Bertz CT molecular complexity index is 629. The molecule has 2 aliphatic heterocycles. The van der Waals surface area contributed by atoms with Gasteiger partial charge in [-0.05, 0) is 39.5 Å². The number of rotatable bonds is 18. The Kier molecular flexibility index (Phi) is 13.7. The Labute approximate surface area is 211 Å². The summed E-state index contributed by atoms with van der Waals surface area (Å²) in [5.74, 6) is -0.986. The normalized spacial score (nSPS) is 27.7. The lowest BCUT2D eigenvalue weighted by Crippen LogP contribution is -2.60. The zero-order valence-electron chi connectivity index (χ0n) is 21.9. The second-order valence-corrected chi connectivity index (χ2v) is 10.8.